The summed E-state index contributed by atoms with van der Waals surface area (Å²) in [7, 11) is 5.92. The second-order valence-corrected chi connectivity index (χ2v) is 22.7. The van der Waals surface area contributed by atoms with E-state index in [1.807, 2.05) is 21.1 Å². The Morgan fingerprint density at radius 2 is 0.760 bits per heavy atom. The van der Waals surface area contributed by atoms with Crippen molar-refractivity contribution in [3.05, 3.63) is 48.6 Å². The third-order valence-corrected chi connectivity index (χ3v) is 14.1. The van der Waals surface area contributed by atoms with Crippen LogP contribution in [-0.4, -0.2) is 82.3 Å². The summed E-state index contributed by atoms with van der Waals surface area (Å²) in [6, 6.07) is 0. The van der Waals surface area contributed by atoms with E-state index in [4.69, 9.17) is 18.9 Å². The smallest absolute Gasteiger partial charge is 0.306 e. The Bertz CT molecular complexity index is 1370. The Labute approximate surface area is 463 Å². The molecule has 2 unspecified atom stereocenters. The lowest BCUT2D eigenvalue weighted by Gasteiger charge is -2.26. The van der Waals surface area contributed by atoms with E-state index in [0.717, 1.165) is 70.6 Å². The maximum absolute atomic E-state index is 12.8. The minimum Gasteiger partial charge on any atom is -0.545 e. The second-order valence-electron chi connectivity index (χ2n) is 22.7. The number of aliphatic carboxylic acids is 1. The number of carbonyl (C=O) groups excluding carboxylic acids is 3. The van der Waals surface area contributed by atoms with Crippen LogP contribution in [0.3, 0.4) is 0 Å². The number of unbranched alkanes of at least 4 members (excludes halogenated alkanes) is 36. The van der Waals surface area contributed by atoms with Crippen molar-refractivity contribution in [3.8, 4) is 0 Å². The van der Waals surface area contributed by atoms with Crippen LogP contribution in [0.1, 0.15) is 296 Å². The van der Waals surface area contributed by atoms with E-state index in [2.05, 4.69) is 62.5 Å². The van der Waals surface area contributed by atoms with Gasteiger partial charge < -0.3 is 33.3 Å². The topological polar surface area (TPSA) is 111 Å². The molecule has 75 heavy (non-hydrogen) atoms. The standard InChI is InChI=1S/C66H121NO8/c1-6-8-10-12-14-16-18-20-22-23-24-25-26-27-28-29-30-31-32-33-34-35-36-37-38-39-40-41-43-44-46-48-50-52-54-56-63(68)73-60-62(61-74-66(65(70)71)72-59-58-67(3,4)5)75-64(69)57-55-53-51-49-47-45-42-21-19-17-15-13-11-9-7-2/h9,11,15,17,21,23-24,42,62,66H,6-8,10,12-14,16,18-20,22,25-41,43-61H2,1-5H3/b11-9-,17-15-,24-23-,42-21-. The van der Waals surface area contributed by atoms with Gasteiger partial charge in [0.05, 0.1) is 40.3 Å². The summed E-state index contributed by atoms with van der Waals surface area (Å²) >= 11 is 0. The minimum absolute atomic E-state index is 0.144. The maximum Gasteiger partial charge on any atom is 0.306 e. The third kappa shape index (κ3) is 58.8. The summed E-state index contributed by atoms with van der Waals surface area (Å²) in [6.07, 6.45) is 69.2. The molecule has 0 aromatic heterocycles. The number of quaternary nitrogens is 1. The van der Waals surface area contributed by atoms with Gasteiger partial charge in [0.2, 0.25) is 0 Å². The zero-order valence-electron chi connectivity index (χ0n) is 49.9. The van der Waals surface area contributed by atoms with Crippen molar-refractivity contribution in [3.63, 3.8) is 0 Å². The Morgan fingerprint density at radius 1 is 0.413 bits per heavy atom. The van der Waals surface area contributed by atoms with Crippen molar-refractivity contribution in [1.29, 1.82) is 0 Å². The lowest BCUT2D eigenvalue weighted by atomic mass is 10.0. The number of ether oxygens (including phenoxy) is 4. The lowest BCUT2D eigenvalue weighted by molar-refractivity contribution is -0.870. The van der Waals surface area contributed by atoms with E-state index >= 15 is 0 Å². The highest BCUT2D eigenvalue weighted by Gasteiger charge is 2.22. The summed E-state index contributed by atoms with van der Waals surface area (Å²) in [5.41, 5.74) is 0. The largest absolute Gasteiger partial charge is 0.545 e. The number of hydrogen-bond acceptors (Lipinski definition) is 8. The second kappa shape index (κ2) is 57.4. The van der Waals surface area contributed by atoms with Crippen LogP contribution in [-0.2, 0) is 33.3 Å². The van der Waals surface area contributed by atoms with E-state index in [1.54, 1.807) is 0 Å². The number of nitrogens with zero attached hydrogens (tertiary/aromatic N) is 1. The van der Waals surface area contributed by atoms with E-state index in [-0.39, 0.29) is 32.2 Å². The van der Waals surface area contributed by atoms with Crippen LogP contribution in [0.15, 0.2) is 48.6 Å². The molecule has 0 spiro atoms. The fraction of sp³-hybridized carbons (Fsp3) is 0.833. The molecule has 0 heterocycles. The van der Waals surface area contributed by atoms with Gasteiger partial charge in [-0.05, 0) is 70.6 Å². The van der Waals surface area contributed by atoms with Gasteiger partial charge in [0.25, 0.3) is 0 Å². The summed E-state index contributed by atoms with van der Waals surface area (Å²) in [4.78, 5) is 37.3. The molecule has 0 aliphatic heterocycles. The molecule has 438 valence electrons. The fourth-order valence-corrected chi connectivity index (χ4v) is 9.20. The molecular weight excluding hydrogens is 935 g/mol. The molecule has 0 fully saturated rings. The normalized spacial score (nSPS) is 13.0. The molecule has 0 saturated heterocycles. The number of allylic oxidation sites excluding steroid dienone is 8. The summed E-state index contributed by atoms with van der Waals surface area (Å²) in [5, 5.41) is 11.8. The summed E-state index contributed by atoms with van der Waals surface area (Å²) in [5.74, 6) is -2.29. The molecule has 0 aliphatic rings. The molecule has 0 amide bonds. The molecular formula is C66H121NO8. The van der Waals surface area contributed by atoms with Gasteiger partial charge in [-0.3, -0.25) is 9.59 Å². The molecule has 0 radical (unpaired) electrons. The number of carboxylic acids is 1. The molecule has 9 heteroatoms. The van der Waals surface area contributed by atoms with Crippen LogP contribution in [0.4, 0.5) is 0 Å². The zero-order chi connectivity index (χ0) is 54.8. The average Bonchev–Trinajstić information content (AvgIpc) is 3.38. The van der Waals surface area contributed by atoms with Crippen molar-refractivity contribution in [2.24, 2.45) is 0 Å². The fourth-order valence-electron chi connectivity index (χ4n) is 9.20. The van der Waals surface area contributed by atoms with Gasteiger partial charge in [0, 0.05) is 12.8 Å². The number of esters is 2. The van der Waals surface area contributed by atoms with E-state index in [0.29, 0.717) is 23.9 Å². The first kappa shape index (κ1) is 72.2. The van der Waals surface area contributed by atoms with E-state index in [1.165, 1.54) is 193 Å². The van der Waals surface area contributed by atoms with Crippen LogP contribution in [0.25, 0.3) is 0 Å². The lowest BCUT2D eigenvalue weighted by Crippen LogP contribution is -2.44. The van der Waals surface area contributed by atoms with Gasteiger partial charge in [-0.15, -0.1) is 0 Å². The molecule has 9 nitrogen and oxygen atoms in total. The Kier molecular flexibility index (Phi) is 55.3. The summed E-state index contributed by atoms with van der Waals surface area (Å²) < 4.78 is 22.7. The van der Waals surface area contributed by atoms with Gasteiger partial charge in [0.1, 0.15) is 13.2 Å². The van der Waals surface area contributed by atoms with E-state index in [9.17, 15) is 19.5 Å². The first-order chi connectivity index (χ1) is 36.6. The number of carbonyl (C=O) groups is 3. The molecule has 0 aliphatic carbocycles. The van der Waals surface area contributed by atoms with Crippen molar-refractivity contribution in [1.82, 2.24) is 0 Å². The Balaban J connectivity index is 3.99. The van der Waals surface area contributed by atoms with Crippen molar-refractivity contribution >= 4 is 17.9 Å². The van der Waals surface area contributed by atoms with Gasteiger partial charge in [-0.2, -0.15) is 0 Å². The number of likely N-dealkylation sites (N-methyl/N-ethyl adjacent to an activating group) is 1. The predicted molar refractivity (Wildman–Crippen MR) is 315 cm³/mol. The highest BCUT2D eigenvalue weighted by molar-refractivity contribution is 5.70. The number of rotatable bonds is 59. The molecule has 0 aromatic rings. The molecule has 2 atom stereocenters. The van der Waals surface area contributed by atoms with Crippen molar-refractivity contribution < 1.29 is 42.9 Å². The molecule has 0 N–H and O–H groups in total. The monoisotopic (exact) mass is 1060 g/mol. The first-order valence-corrected chi connectivity index (χ1v) is 31.8. The summed E-state index contributed by atoms with van der Waals surface area (Å²) in [6.45, 7) is 4.64. The first-order valence-electron chi connectivity index (χ1n) is 31.8. The molecule has 0 bridgehead atoms. The third-order valence-electron chi connectivity index (χ3n) is 14.1. The SMILES string of the molecule is CC/C=C\C/C=C\C/C=C\CCCCCCCC(=O)OC(COC(=O)CCCCCCCCCCCCCCCCCCCCCCCCC/C=C\CCCCCCCCCC)COC(OCC[N+](C)(C)C)C(=O)[O-]. The molecule has 0 saturated carbocycles. The Hall–Kier alpha value is -2.75. The van der Waals surface area contributed by atoms with Crippen molar-refractivity contribution in [2.45, 2.75) is 309 Å². The van der Waals surface area contributed by atoms with Crippen LogP contribution in [0, 0.1) is 0 Å². The molecule has 0 rings (SSSR count). The number of carboxylic acid groups (broad SMARTS) is 1. The molecule has 0 aromatic carbocycles. The maximum atomic E-state index is 12.8. The highest BCUT2D eigenvalue weighted by Crippen LogP contribution is 2.18. The van der Waals surface area contributed by atoms with Crippen LogP contribution < -0.4 is 5.11 Å². The van der Waals surface area contributed by atoms with Gasteiger partial charge in [-0.1, -0.05) is 262 Å². The van der Waals surface area contributed by atoms with Gasteiger partial charge in [0.15, 0.2) is 12.4 Å². The van der Waals surface area contributed by atoms with Crippen LogP contribution >= 0.6 is 0 Å². The quantitative estimate of drug-likeness (QED) is 0.0195. The van der Waals surface area contributed by atoms with Gasteiger partial charge in [-0.25, -0.2) is 0 Å². The predicted octanol–water partition coefficient (Wildman–Crippen LogP) is 17.7. The van der Waals surface area contributed by atoms with E-state index < -0.39 is 24.3 Å². The zero-order valence-corrected chi connectivity index (χ0v) is 49.9. The van der Waals surface area contributed by atoms with Crippen LogP contribution in [0.2, 0.25) is 0 Å². The number of hydrogen-bond donors (Lipinski definition) is 0. The minimum atomic E-state index is -1.63. The van der Waals surface area contributed by atoms with Crippen molar-refractivity contribution in [2.75, 3.05) is 47.5 Å². The highest BCUT2D eigenvalue weighted by atomic mass is 16.7. The van der Waals surface area contributed by atoms with Crippen LogP contribution in [0.5, 0.6) is 0 Å². The Morgan fingerprint density at radius 3 is 1.15 bits per heavy atom. The average molecular weight is 1060 g/mol. The van der Waals surface area contributed by atoms with Gasteiger partial charge >= 0.3 is 11.9 Å².